The molecule has 1 saturated carbocycles. The molecule has 3 fully saturated rings. The number of aromatic amines is 2. The van der Waals surface area contributed by atoms with Gasteiger partial charge in [-0.3, -0.25) is 14.9 Å². The van der Waals surface area contributed by atoms with Crippen molar-refractivity contribution >= 4 is 39.7 Å². The monoisotopic (exact) mass is 906 g/mol. The largest absolute Gasteiger partial charge is 0.453 e. The first-order valence-electron chi connectivity index (χ1n) is 24.1. The average Bonchev–Trinajstić information content (AvgIpc) is 4.18. The molecular weight excluding hydrogens is 845 g/mol. The van der Waals surface area contributed by atoms with Gasteiger partial charge >= 0.3 is 6.09 Å². The summed E-state index contributed by atoms with van der Waals surface area (Å²) in [4.78, 5) is 60.8. The maximum atomic E-state index is 13.9. The molecule has 14 nitrogen and oxygen atoms in total. The molecule has 14 heteroatoms. The van der Waals surface area contributed by atoms with Gasteiger partial charge in [-0.15, -0.1) is 0 Å². The SMILES string of the molecule is COC(=O)NC(C(=O)N1CCCC1c1nc2ccc(-c3ccc(-c4ccc(-c5cnc(C6CCCN6C(=O)C(NC(O)OC)C(C)C)[nH]5)c5ccccc45)c4c3CC3CCC43)cc2[nH]1)C(C)C. The number of H-pyrrole nitrogens is 2. The molecule has 0 spiro atoms. The number of amides is 3. The van der Waals surface area contributed by atoms with E-state index in [4.69, 9.17) is 19.4 Å². The number of methoxy groups -OCH3 is 2. The third-order valence-electron chi connectivity index (χ3n) is 15.1. The van der Waals surface area contributed by atoms with Gasteiger partial charge in [0, 0.05) is 25.8 Å². The van der Waals surface area contributed by atoms with Crippen molar-refractivity contribution in [3.63, 3.8) is 0 Å². The molecular formula is C53H62N8O6. The van der Waals surface area contributed by atoms with E-state index in [1.807, 2.05) is 43.7 Å². The summed E-state index contributed by atoms with van der Waals surface area (Å²) in [6, 6.07) is 22.6. The molecule has 350 valence electrons. The number of imidazole rings is 2. The van der Waals surface area contributed by atoms with Crippen LogP contribution in [0.5, 0.6) is 0 Å². The lowest BCUT2D eigenvalue weighted by atomic mass is 9.73. The summed E-state index contributed by atoms with van der Waals surface area (Å²) >= 11 is 0. The number of hydrogen-bond acceptors (Lipinski definition) is 9. The topological polar surface area (TPSA) is 178 Å². The van der Waals surface area contributed by atoms with E-state index in [-0.39, 0.29) is 35.7 Å². The Bertz CT molecular complexity index is 2850. The highest BCUT2D eigenvalue weighted by atomic mass is 16.6. The van der Waals surface area contributed by atoms with Crippen molar-refractivity contribution in [2.45, 2.75) is 109 Å². The second-order valence-electron chi connectivity index (χ2n) is 19.7. The second kappa shape index (κ2) is 18.2. The average molecular weight is 907 g/mol. The van der Waals surface area contributed by atoms with Gasteiger partial charge in [0.05, 0.1) is 48.2 Å². The van der Waals surface area contributed by atoms with Crippen molar-refractivity contribution in [2.75, 3.05) is 27.3 Å². The number of ether oxygens (including phenoxy) is 2. The van der Waals surface area contributed by atoms with Crippen LogP contribution in [-0.2, 0) is 25.5 Å². The first-order chi connectivity index (χ1) is 32.4. The van der Waals surface area contributed by atoms with E-state index >= 15 is 0 Å². The van der Waals surface area contributed by atoms with E-state index in [2.05, 4.69) is 87.3 Å². The highest BCUT2D eigenvalue weighted by Gasteiger charge is 2.43. The molecule has 4 aromatic carbocycles. The van der Waals surface area contributed by atoms with E-state index in [0.717, 1.165) is 77.0 Å². The van der Waals surface area contributed by atoms with Gasteiger partial charge in [0.2, 0.25) is 18.2 Å². The van der Waals surface area contributed by atoms with Crippen LogP contribution in [0.25, 0.3) is 55.3 Å². The van der Waals surface area contributed by atoms with Gasteiger partial charge in [-0.1, -0.05) is 82.3 Å². The van der Waals surface area contributed by atoms with Crippen molar-refractivity contribution in [1.82, 2.24) is 40.4 Å². The van der Waals surface area contributed by atoms with Crippen LogP contribution in [0.15, 0.2) is 72.9 Å². The normalized spacial score (nSPS) is 21.4. The van der Waals surface area contributed by atoms with Crippen LogP contribution < -0.4 is 10.6 Å². The second-order valence-corrected chi connectivity index (χ2v) is 19.7. The van der Waals surface area contributed by atoms with Crippen LogP contribution in [-0.4, -0.2) is 98.6 Å². The Hall–Kier alpha value is -6.09. The van der Waals surface area contributed by atoms with Crippen molar-refractivity contribution < 1.29 is 29.0 Å². The number of hydrogen-bond donors (Lipinski definition) is 5. The number of carbonyl (C=O) groups excluding carboxylic acids is 3. The predicted molar refractivity (Wildman–Crippen MR) is 258 cm³/mol. The van der Waals surface area contributed by atoms with Crippen LogP contribution >= 0.6 is 0 Å². The molecule has 6 aromatic rings. The summed E-state index contributed by atoms with van der Waals surface area (Å²) in [5.41, 5.74) is 11.6. The van der Waals surface area contributed by atoms with E-state index in [1.165, 1.54) is 60.3 Å². The van der Waals surface area contributed by atoms with E-state index in [0.29, 0.717) is 24.9 Å². The first kappa shape index (κ1) is 44.7. The number of carbonyl (C=O) groups is 3. The molecule has 67 heavy (non-hydrogen) atoms. The Morgan fingerprint density at radius 2 is 1.42 bits per heavy atom. The van der Waals surface area contributed by atoms with Gasteiger partial charge < -0.3 is 39.7 Å². The molecule has 2 aliphatic carbocycles. The van der Waals surface area contributed by atoms with E-state index in [9.17, 15) is 19.5 Å². The van der Waals surface area contributed by atoms with Crippen molar-refractivity contribution in [3.8, 4) is 33.5 Å². The zero-order valence-electron chi connectivity index (χ0n) is 39.3. The van der Waals surface area contributed by atoms with Crippen molar-refractivity contribution in [2.24, 2.45) is 17.8 Å². The number of benzene rings is 4. The van der Waals surface area contributed by atoms with Crippen molar-refractivity contribution in [3.05, 3.63) is 95.7 Å². The third kappa shape index (κ3) is 8.06. The van der Waals surface area contributed by atoms with Gasteiger partial charge in [0.1, 0.15) is 17.7 Å². The number of rotatable bonds is 13. The summed E-state index contributed by atoms with van der Waals surface area (Å²) < 4.78 is 9.86. The van der Waals surface area contributed by atoms with E-state index < -0.39 is 24.6 Å². The zero-order chi connectivity index (χ0) is 46.7. The lowest BCUT2D eigenvalue weighted by molar-refractivity contribution is -0.145. The Balaban J connectivity index is 0.947. The van der Waals surface area contributed by atoms with Gasteiger partial charge in [-0.05, 0) is 125 Å². The number of alkyl carbamates (subject to hydrolysis) is 1. The summed E-state index contributed by atoms with van der Waals surface area (Å²) in [5, 5.41) is 18.2. The van der Waals surface area contributed by atoms with Crippen LogP contribution in [0.2, 0.25) is 0 Å². The summed E-state index contributed by atoms with van der Waals surface area (Å²) in [6.45, 7) is 9.00. The summed E-state index contributed by atoms with van der Waals surface area (Å²) in [6.07, 6.45) is 6.85. The van der Waals surface area contributed by atoms with Crippen LogP contribution in [0.4, 0.5) is 4.79 Å². The quantitative estimate of drug-likeness (QED) is 0.0710. The number of aliphatic hydroxyl groups is 1. The van der Waals surface area contributed by atoms with Crippen LogP contribution in [0.1, 0.15) is 107 Å². The first-order valence-corrected chi connectivity index (χ1v) is 24.1. The van der Waals surface area contributed by atoms with E-state index in [1.54, 1.807) is 0 Å². The van der Waals surface area contributed by atoms with Crippen LogP contribution in [0.3, 0.4) is 0 Å². The van der Waals surface area contributed by atoms with Gasteiger partial charge in [0.25, 0.3) is 0 Å². The lowest BCUT2D eigenvalue weighted by Crippen LogP contribution is -2.52. The minimum atomic E-state index is -1.23. The highest BCUT2D eigenvalue weighted by Crippen LogP contribution is 2.57. The Kier molecular flexibility index (Phi) is 12.1. The molecule has 3 amide bonds. The fourth-order valence-electron chi connectivity index (χ4n) is 11.5. The maximum absolute atomic E-state index is 13.9. The number of nitrogens with one attached hydrogen (secondary N) is 4. The maximum Gasteiger partial charge on any atom is 0.407 e. The molecule has 0 radical (unpaired) electrons. The number of fused-ring (bicyclic) bond motifs is 5. The minimum absolute atomic E-state index is 0.0540. The molecule has 2 aromatic heterocycles. The number of likely N-dealkylation sites (tertiary alicyclic amines) is 2. The Morgan fingerprint density at radius 1 is 0.761 bits per heavy atom. The fourth-order valence-corrected chi connectivity index (χ4v) is 11.5. The molecule has 2 aliphatic heterocycles. The van der Waals surface area contributed by atoms with Crippen molar-refractivity contribution in [1.29, 1.82) is 0 Å². The molecule has 0 bridgehead atoms. The predicted octanol–water partition coefficient (Wildman–Crippen LogP) is 8.73. The summed E-state index contributed by atoms with van der Waals surface area (Å²) in [7, 11) is 2.71. The fraction of sp³-hybridized carbons (Fsp3) is 0.453. The number of nitrogens with zero attached hydrogens (tertiary/aromatic N) is 4. The molecule has 10 rings (SSSR count). The zero-order valence-corrected chi connectivity index (χ0v) is 39.3. The molecule has 4 aliphatic rings. The van der Waals surface area contributed by atoms with Crippen LogP contribution in [0, 0.1) is 17.8 Å². The minimum Gasteiger partial charge on any atom is -0.453 e. The molecule has 7 unspecified atom stereocenters. The molecule has 5 N–H and O–H groups in total. The number of aromatic nitrogens is 4. The Labute approximate surface area is 391 Å². The molecule has 4 heterocycles. The number of aliphatic hydroxyl groups excluding tert-OH is 1. The van der Waals surface area contributed by atoms with Gasteiger partial charge in [0.15, 0.2) is 0 Å². The third-order valence-corrected chi connectivity index (χ3v) is 15.1. The van der Waals surface area contributed by atoms with Gasteiger partial charge in [-0.2, -0.15) is 0 Å². The lowest BCUT2D eigenvalue weighted by Gasteiger charge is -2.32. The Morgan fingerprint density at radius 3 is 2.09 bits per heavy atom. The molecule has 7 atom stereocenters. The highest BCUT2D eigenvalue weighted by molar-refractivity contribution is 6.05. The standard InChI is InChI=1S/C53H62N8O6/c1-28(2)46(58-52(64)66-5)50(62)60-23-9-13-43(60)48-54-27-42(57-48)37-20-19-36(34-11-7-8-12-35(34)37)38-21-18-32(39-25-30-15-17-33(30)45(38)39)31-16-22-40-41(26-31)56-49(55-40)44-14-10-24-61(44)51(63)47(29(3)4)59-53(65)67-6/h7-8,11-12,16,18-22,26-30,33,43-44,46-47,52,58,64H,9-10,13-15,17,23-25H2,1-6H3,(H,54,57)(H,55,56)(H,59,65). The van der Waals surface area contributed by atoms with Gasteiger partial charge in [-0.25, -0.2) is 14.8 Å². The molecule has 2 saturated heterocycles. The summed E-state index contributed by atoms with van der Waals surface area (Å²) in [5.74, 6) is 2.34. The smallest absolute Gasteiger partial charge is 0.407 e.